The normalized spacial score (nSPS) is 23.7. The first-order valence-corrected chi connectivity index (χ1v) is 6.03. The molecule has 16 heavy (non-hydrogen) atoms. The Labute approximate surface area is 103 Å². The van der Waals surface area contributed by atoms with E-state index in [2.05, 4.69) is 34.2 Å². The molecule has 1 heterocycles. The number of esters is 1. The first-order chi connectivity index (χ1) is 7.63. The summed E-state index contributed by atoms with van der Waals surface area (Å²) in [5, 5.41) is 3.21. The van der Waals surface area contributed by atoms with E-state index < -0.39 is 0 Å². The summed E-state index contributed by atoms with van der Waals surface area (Å²) in [6.45, 7) is 2.95. The fourth-order valence-electron chi connectivity index (χ4n) is 2.09. The second-order valence-electron chi connectivity index (χ2n) is 4.04. The van der Waals surface area contributed by atoms with Crippen LogP contribution in [0.4, 0.5) is 0 Å². The molecule has 0 aliphatic carbocycles. The Bertz CT molecular complexity index is 419. The molecule has 0 amide bonds. The van der Waals surface area contributed by atoms with Gasteiger partial charge in [-0.15, -0.1) is 0 Å². The number of halogens is 1. The molecule has 1 aliphatic rings. The molecule has 1 aromatic rings. The third kappa shape index (κ3) is 1.99. The lowest BCUT2D eigenvalue weighted by molar-refractivity contribution is -0.143. The van der Waals surface area contributed by atoms with Gasteiger partial charge in [-0.25, -0.2) is 4.79 Å². The van der Waals surface area contributed by atoms with Crippen molar-refractivity contribution in [2.75, 3.05) is 13.7 Å². The Morgan fingerprint density at radius 2 is 2.25 bits per heavy atom. The van der Waals surface area contributed by atoms with Crippen molar-refractivity contribution >= 4 is 21.9 Å². The number of hydrogen-bond acceptors (Lipinski definition) is 3. The topological polar surface area (TPSA) is 38.3 Å². The van der Waals surface area contributed by atoms with Crippen LogP contribution in [0.3, 0.4) is 0 Å². The average molecular weight is 284 g/mol. The number of ether oxygens (including phenoxy) is 1. The van der Waals surface area contributed by atoms with Gasteiger partial charge in [0.15, 0.2) is 0 Å². The number of carbonyl (C=O) groups excluding carboxylic acids is 1. The first-order valence-electron chi connectivity index (χ1n) is 5.24. The van der Waals surface area contributed by atoms with Crippen molar-refractivity contribution in [3.05, 3.63) is 33.8 Å². The van der Waals surface area contributed by atoms with Crippen LogP contribution >= 0.6 is 15.9 Å². The number of methoxy groups -OCH3 is 1. The summed E-state index contributed by atoms with van der Waals surface area (Å²) in [7, 11) is 1.42. The molecule has 0 saturated carbocycles. The lowest BCUT2D eigenvalue weighted by Crippen LogP contribution is -2.37. The molecule has 0 aromatic heterocycles. The zero-order chi connectivity index (χ0) is 11.7. The van der Waals surface area contributed by atoms with Crippen LogP contribution in [0.25, 0.3) is 0 Å². The van der Waals surface area contributed by atoms with Gasteiger partial charge in [-0.1, -0.05) is 28.9 Å². The highest BCUT2D eigenvalue weighted by Gasteiger charge is 2.29. The van der Waals surface area contributed by atoms with Crippen molar-refractivity contribution in [1.29, 1.82) is 0 Å². The van der Waals surface area contributed by atoms with Gasteiger partial charge in [-0.05, 0) is 29.2 Å². The van der Waals surface area contributed by atoms with E-state index in [-0.39, 0.29) is 12.0 Å². The number of carbonyl (C=O) groups is 1. The largest absolute Gasteiger partial charge is 0.468 e. The third-order valence-corrected chi connectivity index (χ3v) is 3.45. The van der Waals surface area contributed by atoms with Gasteiger partial charge in [0.1, 0.15) is 6.04 Å². The van der Waals surface area contributed by atoms with Crippen molar-refractivity contribution in [2.24, 2.45) is 0 Å². The fourth-order valence-corrected chi connectivity index (χ4v) is 2.47. The van der Waals surface area contributed by atoms with Gasteiger partial charge >= 0.3 is 5.97 Å². The Morgan fingerprint density at radius 3 is 2.94 bits per heavy atom. The van der Waals surface area contributed by atoms with E-state index in [1.807, 2.05) is 12.1 Å². The maximum absolute atomic E-state index is 11.6. The highest BCUT2D eigenvalue weighted by molar-refractivity contribution is 9.10. The number of hydrogen-bond donors (Lipinski definition) is 1. The molecular weight excluding hydrogens is 270 g/mol. The number of fused-ring (bicyclic) bond motifs is 1. The summed E-state index contributed by atoms with van der Waals surface area (Å²) in [5.41, 5.74) is 2.23. The van der Waals surface area contributed by atoms with E-state index in [9.17, 15) is 4.79 Å². The molecule has 4 heteroatoms. The van der Waals surface area contributed by atoms with Crippen molar-refractivity contribution in [1.82, 2.24) is 5.32 Å². The summed E-state index contributed by atoms with van der Waals surface area (Å²) >= 11 is 3.43. The van der Waals surface area contributed by atoms with Crippen LogP contribution in [0.1, 0.15) is 30.0 Å². The van der Waals surface area contributed by atoms with Crippen LogP contribution in [0.5, 0.6) is 0 Å². The summed E-state index contributed by atoms with van der Waals surface area (Å²) in [6.07, 6.45) is 0. The first kappa shape index (κ1) is 11.6. The van der Waals surface area contributed by atoms with E-state index in [1.165, 1.54) is 12.7 Å². The van der Waals surface area contributed by atoms with Gasteiger partial charge in [0, 0.05) is 11.0 Å². The van der Waals surface area contributed by atoms with Crippen molar-refractivity contribution < 1.29 is 9.53 Å². The van der Waals surface area contributed by atoms with E-state index in [0.717, 1.165) is 16.6 Å². The van der Waals surface area contributed by atoms with Gasteiger partial charge in [0.2, 0.25) is 0 Å². The van der Waals surface area contributed by atoms with E-state index in [0.29, 0.717) is 5.92 Å². The quantitative estimate of drug-likeness (QED) is 0.805. The standard InChI is InChI=1S/C12H14BrNO2/c1-7-6-14-11(12(15)16-2)10-5-8(13)3-4-9(7)10/h3-5,7,11,14H,6H2,1-2H3. The number of nitrogens with one attached hydrogen (secondary N) is 1. The predicted molar refractivity (Wildman–Crippen MR) is 65.3 cm³/mol. The number of rotatable bonds is 1. The summed E-state index contributed by atoms with van der Waals surface area (Å²) in [4.78, 5) is 11.6. The molecule has 3 nitrogen and oxygen atoms in total. The molecular formula is C12H14BrNO2. The highest BCUT2D eigenvalue weighted by atomic mass is 79.9. The Hall–Kier alpha value is -0.870. The molecule has 0 bridgehead atoms. The zero-order valence-electron chi connectivity index (χ0n) is 9.29. The SMILES string of the molecule is COC(=O)C1NCC(C)c2ccc(Br)cc21. The predicted octanol–water partition coefficient (Wildman–Crippen LogP) is 2.37. The Balaban J connectivity index is 2.45. The van der Waals surface area contributed by atoms with Crippen molar-refractivity contribution in [2.45, 2.75) is 18.9 Å². The zero-order valence-corrected chi connectivity index (χ0v) is 10.9. The van der Waals surface area contributed by atoms with Gasteiger partial charge in [0.05, 0.1) is 7.11 Å². The molecule has 1 aliphatic heterocycles. The van der Waals surface area contributed by atoms with E-state index in [4.69, 9.17) is 4.74 Å². The molecule has 86 valence electrons. The highest BCUT2D eigenvalue weighted by Crippen LogP contribution is 2.32. The Kier molecular flexibility index (Phi) is 3.30. The van der Waals surface area contributed by atoms with Crippen LogP contribution in [0.2, 0.25) is 0 Å². The van der Waals surface area contributed by atoms with E-state index in [1.54, 1.807) is 0 Å². The number of benzene rings is 1. The lowest BCUT2D eigenvalue weighted by atomic mass is 9.88. The third-order valence-electron chi connectivity index (χ3n) is 2.96. The van der Waals surface area contributed by atoms with Crippen LogP contribution in [-0.4, -0.2) is 19.6 Å². The minimum atomic E-state index is -0.339. The van der Waals surface area contributed by atoms with Crippen LogP contribution < -0.4 is 5.32 Å². The summed E-state index contributed by atoms with van der Waals surface area (Å²) in [6, 6.07) is 5.73. The van der Waals surface area contributed by atoms with Crippen molar-refractivity contribution in [3.8, 4) is 0 Å². The molecule has 2 atom stereocenters. The Morgan fingerprint density at radius 1 is 1.50 bits per heavy atom. The maximum Gasteiger partial charge on any atom is 0.327 e. The molecule has 2 unspecified atom stereocenters. The van der Waals surface area contributed by atoms with Gasteiger partial charge in [0.25, 0.3) is 0 Å². The molecule has 1 aromatic carbocycles. The molecule has 0 spiro atoms. The summed E-state index contributed by atoms with van der Waals surface area (Å²) in [5.74, 6) is 0.190. The lowest BCUT2D eigenvalue weighted by Gasteiger charge is -2.29. The van der Waals surface area contributed by atoms with Gasteiger partial charge in [-0.3, -0.25) is 0 Å². The molecule has 2 rings (SSSR count). The maximum atomic E-state index is 11.6. The fraction of sp³-hybridized carbons (Fsp3) is 0.417. The van der Waals surface area contributed by atoms with Crippen molar-refractivity contribution in [3.63, 3.8) is 0 Å². The monoisotopic (exact) mass is 283 g/mol. The van der Waals surface area contributed by atoms with Crippen LogP contribution in [-0.2, 0) is 9.53 Å². The average Bonchev–Trinajstić information content (AvgIpc) is 2.28. The smallest absolute Gasteiger partial charge is 0.327 e. The van der Waals surface area contributed by atoms with Gasteiger partial charge in [-0.2, -0.15) is 0 Å². The molecule has 0 radical (unpaired) electrons. The minimum Gasteiger partial charge on any atom is -0.468 e. The summed E-state index contributed by atoms with van der Waals surface area (Å²) < 4.78 is 5.79. The molecule has 1 N–H and O–H groups in total. The van der Waals surface area contributed by atoms with Crippen LogP contribution in [0, 0.1) is 0 Å². The molecule has 0 saturated heterocycles. The second-order valence-corrected chi connectivity index (χ2v) is 4.95. The second kappa shape index (κ2) is 4.55. The van der Waals surface area contributed by atoms with E-state index >= 15 is 0 Å². The van der Waals surface area contributed by atoms with Crippen LogP contribution in [0.15, 0.2) is 22.7 Å². The minimum absolute atomic E-state index is 0.230. The van der Waals surface area contributed by atoms with Gasteiger partial charge < -0.3 is 10.1 Å². The molecule has 0 fully saturated rings.